The summed E-state index contributed by atoms with van der Waals surface area (Å²) in [5.74, 6) is 0.922. The van der Waals surface area contributed by atoms with Crippen molar-refractivity contribution in [2.75, 3.05) is 24.6 Å². The molecule has 104 valence electrons. The van der Waals surface area contributed by atoms with E-state index >= 15 is 0 Å². The molecule has 5 nitrogen and oxygen atoms in total. The van der Waals surface area contributed by atoms with E-state index in [0.717, 1.165) is 56.9 Å². The van der Waals surface area contributed by atoms with Crippen molar-refractivity contribution in [3.05, 3.63) is 17.8 Å². The first-order chi connectivity index (χ1) is 9.20. The number of hydrogen-bond acceptors (Lipinski definition) is 5. The SMILES string of the molecule is Cc1ccc(N2CCC3(CC2)OCCC[C@@H]3O)nn1. The molecule has 1 N–H and O–H groups in total. The Bertz CT molecular complexity index is 427. The van der Waals surface area contributed by atoms with Crippen molar-refractivity contribution in [3.8, 4) is 0 Å². The zero-order valence-corrected chi connectivity index (χ0v) is 11.4. The monoisotopic (exact) mass is 263 g/mol. The molecule has 0 bridgehead atoms. The molecule has 1 atom stereocenters. The first-order valence-corrected chi connectivity index (χ1v) is 7.07. The third kappa shape index (κ3) is 2.44. The lowest BCUT2D eigenvalue weighted by Gasteiger charge is -2.46. The average molecular weight is 263 g/mol. The topological polar surface area (TPSA) is 58.5 Å². The van der Waals surface area contributed by atoms with Gasteiger partial charge < -0.3 is 14.7 Å². The molecule has 5 heteroatoms. The van der Waals surface area contributed by atoms with Crippen LogP contribution in [0.25, 0.3) is 0 Å². The van der Waals surface area contributed by atoms with Crippen LogP contribution in [0.1, 0.15) is 31.4 Å². The molecule has 2 fully saturated rings. The Balaban J connectivity index is 1.67. The van der Waals surface area contributed by atoms with Crippen LogP contribution in [-0.2, 0) is 4.74 Å². The van der Waals surface area contributed by atoms with Gasteiger partial charge in [0.25, 0.3) is 0 Å². The van der Waals surface area contributed by atoms with Crippen molar-refractivity contribution in [1.82, 2.24) is 10.2 Å². The maximum atomic E-state index is 10.2. The number of hydrogen-bond donors (Lipinski definition) is 1. The second-order valence-corrected chi connectivity index (χ2v) is 5.59. The Kier molecular flexibility index (Phi) is 3.41. The maximum absolute atomic E-state index is 10.2. The molecule has 0 aromatic carbocycles. The minimum absolute atomic E-state index is 0.312. The fourth-order valence-corrected chi connectivity index (χ4v) is 3.06. The lowest BCUT2D eigenvalue weighted by molar-refractivity contribution is -0.164. The van der Waals surface area contributed by atoms with Gasteiger partial charge in [0, 0.05) is 19.7 Å². The Morgan fingerprint density at radius 2 is 2.11 bits per heavy atom. The first-order valence-electron chi connectivity index (χ1n) is 7.07. The van der Waals surface area contributed by atoms with Crippen LogP contribution in [0.3, 0.4) is 0 Å². The third-order valence-corrected chi connectivity index (χ3v) is 4.34. The van der Waals surface area contributed by atoms with E-state index in [9.17, 15) is 5.11 Å². The van der Waals surface area contributed by atoms with Gasteiger partial charge in [-0.25, -0.2) is 0 Å². The molecular weight excluding hydrogens is 242 g/mol. The summed E-state index contributed by atoms with van der Waals surface area (Å²) in [4.78, 5) is 2.22. The highest BCUT2D eigenvalue weighted by atomic mass is 16.5. The Labute approximate surface area is 113 Å². The first kappa shape index (κ1) is 12.8. The van der Waals surface area contributed by atoms with Crippen molar-refractivity contribution in [2.45, 2.75) is 44.3 Å². The zero-order valence-electron chi connectivity index (χ0n) is 11.4. The van der Waals surface area contributed by atoms with Gasteiger partial charge >= 0.3 is 0 Å². The third-order valence-electron chi connectivity index (χ3n) is 4.34. The van der Waals surface area contributed by atoms with E-state index < -0.39 is 0 Å². The molecule has 0 saturated carbocycles. The van der Waals surface area contributed by atoms with Crippen LogP contribution in [0, 0.1) is 6.92 Å². The standard InChI is InChI=1S/C14H21N3O2/c1-11-4-5-13(16-15-11)17-8-6-14(7-9-17)12(18)3-2-10-19-14/h4-5,12,18H,2-3,6-10H2,1H3/t12-/m0/s1. The molecule has 1 aromatic heterocycles. The van der Waals surface area contributed by atoms with Crippen molar-refractivity contribution in [1.29, 1.82) is 0 Å². The lowest BCUT2D eigenvalue weighted by Crippen LogP contribution is -2.55. The predicted molar refractivity (Wildman–Crippen MR) is 72.1 cm³/mol. The van der Waals surface area contributed by atoms with Gasteiger partial charge in [-0.05, 0) is 44.7 Å². The summed E-state index contributed by atoms with van der Waals surface area (Å²) in [5.41, 5.74) is 0.621. The van der Waals surface area contributed by atoms with Crippen molar-refractivity contribution in [2.24, 2.45) is 0 Å². The molecule has 3 rings (SSSR count). The molecule has 1 aromatic rings. The number of ether oxygens (including phenoxy) is 1. The largest absolute Gasteiger partial charge is 0.390 e. The second kappa shape index (κ2) is 5.06. The Hall–Kier alpha value is -1.20. The van der Waals surface area contributed by atoms with Gasteiger partial charge in [0.2, 0.25) is 0 Å². The summed E-state index contributed by atoms with van der Waals surface area (Å²) in [6.45, 7) is 4.46. The highest BCUT2D eigenvalue weighted by molar-refractivity contribution is 5.38. The highest BCUT2D eigenvalue weighted by Crippen LogP contribution is 2.36. The summed E-state index contributed by atoms with van der Waals surface area (Å²) < 4.78 is 5.91. The Morgan fingerprint density at radius 3 is 2.74 bits per heavy atom. The molecule has 0 aliphatic carbocycles. The van der Waals surface area contributed by atoms with Gasteiger partial charge in [0.15, 0.2) is 5.82 Å². The number of aliphatic hydroxyl groups is 1. The molecule has 3 heterocycles. The minimum Gasteiger partial charge on any atom is -0.390 e. The van der Waals surface area contributed by atoms with Crippen LogP contribution in [0.4, 0.5) is 5.82 Å². The number of anilines is 1. The second-order valence-electron chi connectivity index (χ2n) is 5.59. The summed E-state index contributed by atoms with van der Waals surface area (Å²) in [7, 11) is 0. The van der Waals surface area contributed by atoms with E-state index in [0.29, 0.717) is 0 Å². The number of nitrogens with zero attached hydrogens (tertiary/aromatic N) is 3. The van der Waals surface area contributed by atoms with Gasteiger partial charge in [-0.2, -0.15) is 5.10 Å². The molecule has 2 saturated heterocycles. The zero-order chi connectivity index (χ0) is 13.3. The molecule has 2 aliphatic heterocycles. The van der Waals surface area contributed by atoms with E-state index in [1.165, 1.54) is 0 Å². The fraction of sp³-hybridized carbons (Fsp3) is 0.714. The number of aromatic nitrogens is 2. The summed E-state index contributed by atoms with van der Waals surface area (Å²) in [6.07, 6.45) is 3.25. The van der Waals surface area contributed by atoms with Crippen LogP contribution in [-0.4, -0.2) is 46.7 Å². The van der Waals surface area contributed by atoms with Gasteiger partial charge in [0.1, 0.15) is 0 Å². The smallest absolute Gasteiger partial charge is 0.151 e. The van der Waals surface area contributed by atoms with E-state index in [1.54, 1.807) is 0 Å². The lowest BCUT2D eigenvalue weighted by atomic mass is 9.82. The molecule has 0 unspecified atom stereocenters. The fourth-order valence-electron chi connectivity index (χ4n) is 3.06. The van der Waals surface area contributed by atoms with Crippen LogP contribution >= 0.6 is 0 Å². The van der Waals surface area contributed by atoms with E-state index in [-0.39, 0.29) is 11.7 Å². The van der Waals surface area contributed by atoms with Crippen molar-refractivity contribution >= 4 is 5.82 Å². The van der Waals surface area contributed by atoms with Crippen LogP contribution in [0.15, 0.2) is 12.1 Å². The van der Waals surface area contributed by atoms with Gasteiger partial charge in [-0.1, -0.05) is 0 Å². The van der Waals surface area contributed by atoms with Crippen molar-refractivity contribution in [3.63, 3.8) is 0 Å². The molecule has 1 spiro atoms. The van der Waals surface area contributed by atoms with Gasteiger partial charge in [0.05, 0.1) is 17.4 Å². The van der Waals surface area contributed by atoms with Crippen LogP contribution < -0.4 is 4.90 Å². The predicted octanol–water partition coefficient (Wildman–Crippen LogP) is 1.30. The van der Waals surface area contributed by atoms with Crippen molar-refractivity contribution < 1.29 is 9.84 Å². The molecular formula is C14H21N3O2. The van der Waals surface area contributed by atoms with E-state index in [1.807, 2.05) is 19.1 Å². The normalized spacial score (nSPS) is 26.6. The van der Waals surface area contributed by atoms with Gasteiger partial charge in [-0.3, -0.25) is 0 Å². The Morgan fingerprint density at radius 1 is 1.32 bits per heavy atom. The average Bonchev–Trinajstić information content (AvgIpc) is 2.44. The van der Waals surface area contributed by atoms with Crippen LogP contribution in [0.5, 0.6) is 0 Å². The minimum atomic E-state index is -0.313. The van der Waals surface area contributed by atoms with E-state index in [2.05, 4.69) is 15.1 Å². The summed E-state index contributed by atoms with van der Waals surface area (Å²) in [6, 6.07) is 4.00. The van der Waals surface area contributed by atoms with Crippen LogP contribution in [0.2, 0.25) is 0 Å². The molecule has 0 radical (unpaired) electrons. The number of rotatable bonds is 1. The number of aryl methyl sites for hydroxylation is 1. The highest BCUT2D eigenvalue weighted by Gasteiger charge is 2.43. The number of piperidine rings is 1. The maximum Gasteiger partial charge on any atom is 0.151 e. The molecule has 0 amide bonds. The summed E-state index contributed by atoms with van der Waals surface area (Å²) >= 11 is 0. The molecule has 2 aliphatic rings. The van der Waals surface area contributed by atoms with Gasteiger partial charge in [-0.15, -0.1) is 5.10 Å². The molecule has 19 heavy (non-hydrogen) atoms. The summed E-state index contributed by atoms with van der Waals surface area (Å²) in [5, 5.41) is 18.5. The quantitative estimate of drug-likeness (QED) is 0.827. The number of aliphatic hydroxyl groups excluding tert-OH is 1. The van der Waals surface area contributed by atoms with E-state index in [4.69, 9.17) is 4.74 Å².